The van der Waals surface area contributed by atoms with Gasteiger partial charge in [-0.3, -0.25) is 43.3 Å². The van der Waals surface area contributed by atoms with Gasteiger partial charge in [-0.25, -0.2) is 14.1 Å². The van der Waals surface area contributed by atoms with E-state index in [4.69, 9.17) is 67.0 Å². The summed E-state index contributed by atoms with van der Waals surface area (Å²) in [6.07, 6.45) is 7.87. The smallest absolute Gasteiger partial charge is 0.319 e. The van der Waals surface area contributed by atoms with E-state index >= 15 is 0 Å². The maximum Gasteiger partial charge on any atom is 0.319 e. The number of nitrogen functional groups attached to an aromatic ring is 1. The van der Waals surface area contributed by atoms with E-state index in [2.05, 4.69) is 56.5 Å². The van der Waals surface area contributed by atoms with Gasteiger partial charge in [0.2, 0.25) is 41.3 Å². The van der Waals surface area contributed by atoms with E-state index in [0.29, 0.717) is 204 Å². The van der Waals surface area contributed by atoms with Crippen LogP contribution in [0.4, 0.5) is 21.7 Å². The monoisotopic (exact) mass is 1740 g/mol. The summed E-state index contributed by atoms with van der Waals surface area (Å²) in [5.41, 5.74) is 11.0. The second kappa shape index (κ2) is 54.0. The first-order chi connectivity index (χ1) is 61.1. The van der Waals surface area contributed by atoms with E-state index in [1.807, 2.05) is 88.4 Å². The van der Waals surface area contributed by atoms with Crippen molar-refractivity contribution in [3.63, 3.8) is 0 Å². The molecule has 0 radical (unpaired) electrons. The summed E-state index contributed by atoms with van der Waals surface area (Å²) >= 11 is 0. The average Bonchev–Trinajstić information content (AvgIpc) is 1.61. The summed E-state index contributed by atoms with van der Waals surface area (Å²) < 4.78 is 88.0. The number of piperidine rings is 1. The van der Waals surface area contributed by atoms with Crippen LogP contribution in [0.2, 0.25) is 0 Å². The quantitative estimate of drug-likeness (QED) is 0.0175. The zero-order chi connectivity index (χ0) is 87.9. The first-order valence-corrected chi connectivity index (χ1v) is 42.4. The van der Waals surface area contributed by atoms with Crippen LogP contribution in [0.5, 0.6) is 5.75 Å². The Kier molecular flexibility index (Phi) is 41.6. The van der Waals surface area contributed by atoms with Crippen molar-refractivity contribution in [1.82, 2.24) is 65.3 Å². The summed E-state index contributed by atoms with van der Waals surface area (Å²) in [7, 11) is 1.22. The molecule has 2 saturated heterocycles. The highest BCUT2D eigenvalue weighted by Gasteiger charge is 2.53. The predicted molar refractivity (Wildman–Crippen MR) is 457 cm³/mol. The maximum atomic E-state index is 14.4. The van der Waals surface area contributed by atoms with Crippen LogP contribution in [0.3, 0.4) is 0 Å². The van der Waals surface area contributed by atoms with Crippen molar-refractivity contribution < 1.29 is 104 Å². The first kappa shape index (κ1) is 96.2. The number of aryl methyl sites for hydroxylation is 2. The van der Waals surface area contributed by atoms with E-state index < -0.39 is 23.3 Å². The number of esters is 1. The molecule has 1 spiro atoms. The lowest BCUT2D eigenvalue weighted by Crippen LogP contribution is -2.56. The van der Waals surface area contributed by atoms with Crippen LogP contribution in [0.1, 0.15) is 66.4 Å². The molecule has 125 heavy (non-hydrogen) atoms. The van der Waals surface area contributed by atoms with Gasteiger partial charge in [-0.15, -0.1) is 5.10 Å². The van der Waals surface area contributed by atoms with Crippen molar-refractivity contribution >= 4 is 81.2 Å². The van der Waals surface area contributed by atoms with Crippen molar-refractivity contribution in [1.29, 1.82) is 0 Å². The van der Waals surface area contributed by atoms with Crippen LogP contribution in [0.25, 0.3) is 28.3 Å². The number of anilines is 3. The van der Waals surface area contributed by atoms with Crippen LogP contribution < -0.4 is 42.0 Å². The summed E-state index contributed by atoms with van der Waals surface area (Å²) in [4.78, 5) is 119. The Morgan fingerprint density at radius 1 is 0.536 bits per heavy atom. The number of hydrogen-bond acceptors (Lipinski definition) is 29. The van der Waals surface area contributed by atoms with E-state index in [9.17, 15) is 42.7 Å². The molecular formula is C87H117FN16O21. The van der Waals surface area contributed by atoms with Gasteiger partial charge in [0, 0.05) is 88.6 Å². The van der Waals surface area contributed by atoms with Crippen LogP contribution >= 0.6 is 0 Å². The third-order valence-corrected chi connectivity index (χ3v) is 20.3. The summed E-state index contributed by atoms with van der Waals surface area (Å²) in [5.74, 6) is -0.793. The zero-order valence-corrected chi connectivity index (χ0v) is 71.0. The van der Waals surface area contributed by atoms with Gasteiger partial charge in [-0.05, 0) is 129 Å². The van der Waals surface area contributed by atoms with E-state index in [1.54, 1.807) is 24.6 Å². The maximum absolute atomic E-state index is 14.4. The fraction of sp³-hybridized carbons (Fsp3) is 0.517. The number of methoxy groups -OCH3 is 1. The number of furan rings is 1. The number of para-hydroxylation sites is 1. The van der Waals surface area contributed by atoms with Crippen molar-refractivity contribution in [3.8, 4) is 17.3 Å². The van der Waals surface area contributed by atoms with E-state index in [1.165, 1.54) is 40.8 Å². The molecule has 38 heteroatoms. The third kappa shape index (κ3) is 33.4. The Morgan fingerprint density at radius 3 is 1.62 bits per heavy atom. The second-order valence-corrected chi connectivity index (χ2v) is 29.4. The van der Waals surface area contributed by atoms with Gasteiger partial charge in [-0.1, -0.05) is 42.5 Å². The number of ketones is 1. The molecule has 2 aliphatic rings. The number of Topliss-reactive ketones (excluding diaryl/α,β-unsaturated/α-hetero) is 1. The van der Waals surface area contributed by atoms with Gasteiger partial charge >= 0.3 is 5.97 Å². The molecule has 4 aromatic carbocycles. The number of rotatable bonds is 63. The Labute approximate surface area is 725 Å². The fourth-order valence-corrected chi connectivity index (χ4v) is 13.8. The minimum Gasteiger partial charge on any atom is -0.484 e. The molecule has 8 aromatic rings. The molecule has 0 bridgehead atoms. The number of carbonyl (C=O) groups excluding carboxylic acids is 8. The standard InChI is InChI=1S/C87H117FN16O21/c1-113-81(111)63-100(62-79(109)92-32-42-116-46-50-120-54-58-123-59-55-121-51-47-117-43-33-93-80(110)64-125-72-23-15-66(16-24-72)8-5-35-103-83-73(60-94-103)84-96-82(75-12-7-39-124-75)98-104(84)86(89)97-83)61-78(108)91-31-41-115-45-49-119-53-57-122-56-52-118-48-44-114-40-30-90-76(106)25-26-77(107)95-70-21-13-67(14-22-70)27-36-101-65-102(71-9-3-2-4-10-71)87(85(101)112)28-37-99(38-29-87)34-6-11-74(105)68-17-19-69(88)20-18-68/h2-4,7,9-10,12-24,39,60H,5-6,8,11,25-38,40-59,61-65H2,1H3,(H2,89,97)(H,90,106)(H,91,108)(H,92,109)(H,93,110)(H,95,107). The van der Waals surface area contributed by atoms with Crippen LogP contribution in [0, 0.1) is 5.82 Å². The molecule has 0 saturated carbocycles. The van der Waals surface area contributed by atoms with Crippen molar-refractivity contribution in [3.05, 3.63) is 150 Å². The molecule has 6 heterocycles. The third-order valence-electron chi connectivity index (χ3n) is 20.3. The molecule has 10 rings (SSSR count). The highest BCUT2D eigenvalue weighted by atomic mass is 19.1. The first-order valence-electron chi connectivity index (χ1n) is 42.4. The molecule has 4 aromatic heterocycles. The topological polar surface area (TPSA) is 420 Å². The number of halogens is 1. The Hall–Kier alpha value is -11.0. The Bertz CT molecular complexity index is 4560. The summed E-state index contributed by atoms with van der Waals surface area (Å²) in [5, 5.41) is 23.5. The van der Waals surface area contributed by atoms with Crippen LogP contribution in [-0.4, -0.2) is 321 Å². The Balaban J connectivity index is 0.439. The highest BCUT2D eigenvalue weighted by Crippen LogP contribution is 2.40. The second-order valence-electron chi connectivity index (χ2n) is 29.4. The highest BCUT2D eigenvalue weighted by molar-refractivity contribution is 5.96. The number of nitrogens with one attached hydrogen (secondary N) is 5. The molecule has 6 amide bonds. The minimum atomic E-state index is -0.663. The van der Waals surface area contributed by atoms with E-state index in [-0.39, 0.29) is 126 Å². The largest absolute Gasteiger partial charge is 0.484 e. The molecule has 7 N–H and O–H groups in total. The minimum absolute atomic E-state index is 0.00438. The molecule has 0 unspecified atom stereocenters. The molecular weight excluding hydrogens is 1620 g/mol. The number of ether oxygens (including phenoxy) is 12. The van der Waals surface area contributed by atoms with Crippen molar-refractivity contribution in [2.24, 2.45) is 0 Å². The SMILES string of the molecule is COC(=O)CN(CC(=O)NCCOCCOCCOCCOCCOCCNC(=O)CCC(=O)Nc1ccc(CCN2CN(c3ccccc3)C3(CCN(CCCC(=O)c4ccc(F)cc4)CC3)C2=O)cc1)CC(=O)NCCOCCOCCOCCOCCOCCNC(=O)COc1ccc(CCCn2ncc3c2nc(N)n2nc(-c4ccco4)nc32)cc1. The van der Waals surface area contributed by atoms with Crippen LogP contribution in [0.15, 0.2) is 132 Å². The number of carbonyl (C=O) groups is 8. The summed E-state index contributed by atoms with van der Waals surface area (Å²) in [6.45, 7) is 10.4. The van der Waals surface area contributed by atoms with Crippen molar-refractivity contribution in [2.45, 2.75) is 69.9 Å². The predicted octanol–water partition coefficient (Wildman–Crippen LogP) is 4.34. The van der Waals surface area contributed by atoms with Crippen LogP contribution in [-0.2, 0) is 105 Å². The number of fused-ring (bicyclic) bond motifs is 3. The number of nitrogens with two attached hydrogens (primary N) is 1. The lowest BCUT2D eigenvalue weighted by atomic mass is 9.85. The number of nitrogens with zero attached hydrogens (tertiary/aromatic N) is 10. The molecule has 0 aliphatic carbocycles. The number of likely N-dealkylation sites (tertiary alicyclic amines) is 1. The molecule has 2 aliphatic heterocycles. The molecule has 678 valence electrons. The van der Waals surface area contributed by atoms with Gasteiger partial charge < -0.3 is 108 Å². The Morgan fingerprint density at radius 2 is 1.06 bits per heavy atom. The lowest BCUT2D eigenvalue weighted by Gasteiger charge is -2.43. The fourth-order valence-electron chi connectivity index (χ4n) is 13.8. The van der Waals surface area contributed by atoms with E-state index in [0.717, 1.165) is 54.7 Å². The number of aromatic nitrogens is 6. The number of amides is 6. The molecule has 37 nitrogen and oxygen atoms in total. The van der Waals surface area contributed by atoms with Crippen molar-refractivity contribution in [2.75, 3.05) is 240 Å². The van der Waals surface area contributed by atoms with Gasteiger partial charge in [0.05, 0.1) is 183 Å². The molecule has 0 atom stereocenters. The number of hydrogen-bond donors (Lipinski definition) is 6. The normalized spacial score (nSPS) is 13.3. The average molecular weight is 1740 g/mol. The molecule has 2 fully saturated rings. The van der Waals surface area contributed by atoms with Gasteiger partial charge in [0.1, 0.15) is 17.1 Å². The van der Waals surface area contributed by atoms with Gasteiger partial charge in [0.25, 0.3) is 5.91 Å². The zero-order valence-electron chi connectivity index (χ0n) is 71.0. The van der Waals surface area contributed by atoms with Gasteiger partial charge in [0.15, 0.2) is 29.4 Å². The lowest BCUT2D eigenvalue weighted by molar-refractivity contribution is -0.142. The van der Waals surface area contributed by atoms with Gasteiger partial charge in [-0.2, -0.15) is 14.6 Å². The number of benzene rings is 4. The summed E-state index contributed by atoms with van der Waals surface area (Å²) in [6, 6.07) is 34.4.